The zero-order chi connectivity index (χ0) is 13.8. The van der Waals surface area contributed by atoms with Gasteiger partial charge in [0.2, 0.25) is 0 Å². The minimum Gasteiger partial charge on any atom is -0.477 e. The normalized spacial score (nSPS) is 9.95. The van der Waals surface area contributed by atoms with Gasteiger partial charge in [0, 0.05) is 12.4 Å². The van der Waals surface area contributed by atoms with Crippen molar-refractivity contribution in [3.8, 4) is 0 Å². The summed E-state index contributed by atoms with van der Waals surface area (Å²) in [6.45, 7) is 1.83. The number of carbonyl (C=O) groups is 2. The molecule has 2 heterocycles. The molecule has 0 radical (unpaired) electrons. The predicted molar refractivity (Wildman–Crippen MR) is 68.1 cm³/mol. The van der Waals surface area contributed by atoms with Crippen LogP contribution in [0.1, 0.15) is 26.4 Å². The van der Waals surface area contributed by atoms with Crippen molar-refractivity contribution in [2.75, 3.05) is 5.32 Å². The molecule has 2 N–H and O–H groups in total. The van der Waals surface area contributed by atoms with E-state index >= 15 is 0 Å². The summed E-state index contributed by atoms with van der Waals surface area (Å²) in [5, 5.41) is 11.3. The Morgan fingerprint density at radius 1 is 1.26 bits per heavy atom. The van der Waals surface area contributed by atoms with Crippen LogP contribution in [0.2, 0.25) is 0 Å². The van der Waals surface area contributed by atoms with E-state index < -0.39 is 5.97 Å². The van der Waals surface area contributed by atoms with E-state index in [1.807, 2.05) is 6.92 Å². The van der Waals surface area contributed by atoms with Crippen molar-refractivity contribution in [3.63, 3.8) is 0 Å². The quantitative estimate of drug-likeness (QED) is 0.873. The Morgan fingerprint density at radius 3 is 2.74 bits per heavy atom. The maximum Gasteiger partial charge on any atom is 0.354 e. The second kappa shape index (κ2) is 5.26. The second-order valence-corrected chi connectivity index (χ2v) is 3.92. The number of nitrogens with zero attached hydrogens (tertiary/aromatic N) is 2. The molecule has 0 fully saturated rings. The minimum atomic E-state index is -1.15. The first-order chi connectivity index (χ1) is 9.06. The summed E-state index contributed by atoms with van der Waals surface area (Å²) in [4.78, 5) is 30.4. The van der Waals surface area contributed by atoms with Crippen LogP contribution >= 0.6 is 0 Å². The molecule has 96 valence electrons. The van der Waals surface area contributed by atoms with Crippen LogP contribution in [0.4, 0.5) is 5.82 Å². The summed E-state index contributed by atoms with van der Waals surface area (Å²) in [7, 11) is 0. The number of carboxylic acid groups (broad SMARTS) is 1. The number of carbonyl (C=O) groups excluding carboxylic acids is 1. The number of rotatable bonds is 3. The molecule has 0 aromatic carbocycles. The largest absolute Gasteiger partial charge is 0.477 e. The summed E-state index contributed by atoms with van der Waals surface area (Å²) in [6, 6.07) is 6.07. The van der Waals surface area contributed by atoms with Gasteiger partial charge in [-0.2, -0.15) is 0 Å². The smallest absolute Gasteiger partial charge is 0.354 e. The van der Waals surface area contributed by atoms with Gasteiger partial charge in [-0.05, 0) is 30.7 Å². The summed E-state index contributed by atoms with van der Waals surface area (Å²) < 4.78 is 0. The van der Waals surface area contributed by atoms with Crippen LogP contribution in [0.15, 0.2) is 36.7 Å². The van der Waals surface area contributed by atoms with Crippen molar-refractivity contribution in [2.45, 2.75) is 6.92 Å². The fourth-order valence-electron chi connectivity index (χ4n) is 1.49. The predicted octanol–water partition coefficient (Wildman–Crippen LogP) is 1.74. The maximum absolute atomic E-state index is 11.9. The first-order valence-electron chi connectivity index (χ1n) is 5.49. The zero-order valence-corrected chi connectivity index (χ0v) is 10.1. The van der Waals surface area contributed by atoms with Gasteiger partial charge in [-0.25, -0.2) is 9.78 Å². The topological polar surface area (TPSA) is 92.2 Å². The van der Waals surface area contributed by atoms with Gasteiger partial charge in [0.1, 0.15) is 5.82 Å². The lowest BCUT2D eigenvalue weighted by Gasteiger charge is -2.05. The van der Waals surface area contributed by atoms with E-state index in [0.717, 1.165) is 5.56 Å². The summed E-state index contributed by atoms with van der Waals surface area (Å²) in [5.41, 5.74) is 1.13. The molecular formula is C13H11N3O3. The number of hydrogen-bond acceptors (Lipinski definition) is 4. The molecule has 0 saturated carbocycles. The van der Waals surface area contributed by atoms with Gasteiger partial charge in [-0.3, -0.25) is 9.78 Å². The van der Waals surface area contributed by atoms with Crippen LogP contribution in [0, 0.1) is 6.92 Å². The van der Waals surface area contributed by atoms with Crippen molar-refractivity contribution in [1.82, 2.24) is 9.97 Å². The Labute approximate surface area is 109 Å². The Balaban J connectivity index is 2.19. The number of aryl methyl sites for hydroxylation is 1. The van der Waals surface area contributed by atoms with Crippen LogP contribution in [0.25, 0.3) is 0 Å². The zero-order valence-electron chi connectivity index (χ0n) is 10.1. The summed E-state index contributed by atoms with van der Waals surface area (Å²) in [6.07, 6.45) is 3.07. The average Bonchev–Trinajstić information content (AvgIpc) is 2.39. The maximum atomic E-state index is 11.9. The van der Waals surface area contributed by atoms with Crippen molar-refractivity contribution in [1.29, 1.82) is 0 Å². The Kier molecular flexibility index (Phi) is 3.51. The van der Waals surface area contributed by atoms with Gasteiger partial charge >= 0.3 is 5.97 Å². The molecule has 2 aromatic rings. The lowest BCUT2D eigenvalue weighted by atomic mass is 10.2. The molecular weight excluding hydrogens is 246 g/mol. The summed E-state index contributed by atoms with van der Waals surface area (Å²) in [5.74, 6) is -1.34. The van der Waals surface area contributed by atoms with E-state index in [2.05, 4.69) is 15.3 Å². The van der Waals surface area contributed by atoms with Crippen LogP contribution < -0.4 is 5.32 Å². The molecule has 0 bridgehead atoms. The Bertz CT molecular complexity index is 641. The third kappa shape index (κ3) is 3.12. The number of pyridine rings is 2. The molecule has 2 aromatic heterocycles. The second-order valence-electron chi connectivity index (χ2n) is 3.92. The number of amides is 1. The molecule has 0 atom stereocenters. The van der Waals surface area contributed by atoms with Crippen molar-refractivity contribution >= 4 is 17.7 Å². The highest BCUT2D eigenvalue weighted by Gasteiger charge is 2.09. The average molecular weight is 257 g/mol. The van der Waals surface area contributed by atoms with Gasteiger partial charge < -0.3 is 10.4 Å². The van der Waals surface area contributed by atoms with Gasteiger partial charge in [0.25, 0.3) is 5.91 Å². The lowest BCUT2D eigenvalue weighted by molar-refractivity contribution is 0.0690. The third-order valence-electron chi connectivity index (χ3n) is 2.35. The van der Waals surface area contributed by atoms with Crippen LogP contribution in [0.3, 0.4) is 0 Å². The van der Waals surface area contributed by atoms with E-state index in [1.54, 1.807) is 12.3 Å². The van der Waals surface area contributed by atoms with E-state index in [0.29, 0.717) is 5.56 Å². The fourth-order valence-corrected chi connectivity index (χ4v) is 1.49. The molecule has 0 aliphatic rings. The molecule has 0 aliphatic heterocycles. The molecule has 6 heteroatoms. The number of aromatic carboxylic acids is 1. The van der Waals surface area contributed by atoms with Gasteiger partial charge in [0.05, 0.1) is 5.56 Å². The van der Waals surface area contributed by atoms with Crippen LogP contribution in [-0.2, 0) is 0 Å². The third-order valence-corrected chi connectivity index (χ3v) is 2.35. The molecule has 0 aliphatic carbocycles. The lowest BCUT2D eigenvalue weighted by Crippen LogP contribution is -2.14. The highest BCUT2D eigenvalue weighted by molar-refractivity contribution is 6.03. The molecule has 1 amide bonds. The van der Waals surface area contributed by atoms with Gasteiger partial charge in [-0.1, -0.05) is 6.07 Å². The van der Waals surface area contributed by atoms with Crippen molar-refractivity contribution in [2.24, 2.45) is 0 Å². The van der Waals surface area contributed by atoms with E-state index in [9.17, 15) is 9.59 Å². The van der Waals surface area contributed by atoms with Gasteiger partial charge in [0.15, 0.2) is 5.69 Å². The monoisotopic (exact) mass is 257 g/mol. The highest BCUT2D eigenvalue weighted by Crippen LogP contribution is 2.08. The van der Waals surface area contributed by atoms with Crippen molar-refractivity contribution < 1.29 is 14.7 Å². The SMILES string of the molecule is Cc1cncc(C(=O)Nc2cccc(C(=O)O)n2)c1. The standard InChI is InChI=1S/C13H11N3O3/c1-8-5-9(7-14-6-8)12(17)16-11-4-2-3-10(15-11)13(18)19/h2-7H,1H3,(H,18,19)(H,15,16,17). The fraction of sp³-hybridized carbons (Fsp3) is 0.0769. The number of anilines is 1. The highest BCUT2D eigenvalue weighted by atomic mass is 16.4. The van der Waals surface area contributed by atoms with E-state index in [-0.39, 0.29) is 17.4 Å². The Morgan fingerprint density at radius 2 is 2.05 bits per heavy atom. The molecule has 6 nitrogen and oxygen atoms in total. The first kappa shape index (κ1) is 12.7. The number of nitrogens with one attached hydrogen (secondary N) is 1. The van der Waals surface area contributed by atoms with Crippen LogP contribution in [0.5, 0.6) is 0 Å². The molecule has 2 rings (SSSR count). The first-order valence-corrected chi connectivity index (χ1v) is 5.49. The number of carboxylic acids is 1. The van der Waals surface area contributed by atoms with Gasteiger partial charge in [-0.15, -0.1) is 0 Å². The van der Waals surface area contributed by atoms with Crippen LogP contribution in [-0.4, -0.2) is 27.0 Å². The Hall–Kier alpha value is -2.76. The van der Waals surface area contributed by atoms with E-state index in [1.165, 1.54) is 24.4 Å². The molecule has 0 unspecified atom stereocenters. The number of hydrogen-bond donors (Lipinski definition) is 2. The van der Waals surface area contributed by atoms with E-state index in [4.69, 9.17) is 5.11 Å². The molecule has 19 heavy (non-hydrogen) atoms. The minimum absolute atomic E-state index is 0.125. The molecule has 0 saturated heterocycles. The summed E-state index contributed by atoms with van der Waals surface area (Å²) >= 11 is 0. The number of aromatic nitrogens is 2. The molecule has 0 spiro atoms. The van der Waals surface area contributed by atoms with Crippen molar-refractivity contribution in [3.05, 3.63) is 53.5 Å².